The first kappa shape index (κ1) is 14.9. The molecule has 0 aliphatic rings. The number of amides is 1. The standard InChI is InChI=1S/C17H17FN2O/c1-11-8-9-14(10-12(11)2)13(3)19-20-17(21)15-6-4-5-7-16(15)18/h4-10H,1-3H3,(H,20,21). The van der Waals surface area contributed by atoms with E-state index in [0.717, 1.165) is 11.1 Å². The second kappa shape index (κ2) is 6.31. The highest BCUT2D eigenvalue weighted by molar-refractivity contribution is 6.01. The normalized spacial score (nSPS) is 11.3. The van der Waals surface area contributed by atoms with Crippen molar-refractivity contribution in [3.05, 3.63) is 70.5 Å². The Bertz CT molecular complexity index is 708. The molecular weight excluding hydrogens is 267 g/mol. The molecule has 0 saturated carbocycles. The van der Waals surface area contributed by atoms with Gasteiger partial charge in [0, 0.05) is 0 Å². The van der Waals surface area contributed by atoms with Crippen LogP contribution < -0.4 is 5.43 Å². The van der Waals surface area contributed by atoms with E-state index in [1.165, 1.54) is 23.8 Å². The van der Waals surface area contributed by atoms with E-state index in [9.17, 15) is 9.18 Å². The zero-order valence-electron chi connectivity index (χ0n) is 12.3. The van der Waals surface area contributed by atoms with Crippen molar-refractivity contribution in [1.82, 2.24) is 5.43 Å². The number of rotatable bonds is 3. The van der Waals surface area contributed by atoms with Gasteiger partial charge >= 0.3 is 0 Å². The van der Waals surface area contributed by atoms with Crippen molar-refractivity contribution in [1.29, 1.82) is 0 Å². The Hall–Kier alpha value is -2.49. The number of carbonyl (C=O) groups excluding carboxylic acids is 1. The van der Waals surface area contributed by atoms with Gasteiger partial charge in [-0.2, -0.15) is 5.10 Å². The molecule has 0 bridgehead atoms. The number of halogens is 1. The van der Waals surface area contributed by atoms with Gasteiger partial charge in [0.1, 0.15) is 5.82 Å². The summed E-state index contributed by atoms with van der Waals surface area (Å²) in [7, 11) is 0. The summed E-state index contributed by atoms with van der Waals surface area (Å²) in [6.45, 7) is 5.85. The molecule has 0 aromatic heterocycles. The Morgan fingerprint density at radius 3 is 2.48 bits per heavy atom. The lowest BCUT2D eigenvalue weighted by Gasteiger charge is -2.06. The number of aryl methyl sites for hydroxylation is 2. The van der Waals surface area contributed by atoms with Gasteiger partial charge < -0.3 is 0 Å². The smallest absolute Gasteiger partial charge is 0.267 e. The van der Waals surface area contributed by atoms with Gasteiger partial charge in [-0.05, 0) is 55.7 Å². The Morgan fingerprint density at radius 1 is 1.10 bits per heavy atom. The molecule has 3 nitrogen and oxygen atoms in total. The van der Waals surface area contributed by atoms with Crippen LogP contribution in [0, 0.1) is 19.7 Å². The number of nitrogens with one attached hydrogen (secondary N) is 1. The fourth-order valence-corrected chi connectivity index (χ4v) is 1.87. The lowest BCUT2D eigenvalue weighted by Crippen LogP contribution is -2.20. The minimum Gasteiger partial charge on any atom is -0.267 e. The molecule has 0 saturated heterocycles. The molecule has 2 rings (SSSR count). The van der Waals surface area contributed by atoms with Crippen molar-refractivity contribution in [2.24, 2.45) is 5.10 Å². The fraction of sp³-hybridized carbons (Fsp3) is 0.176. The summed E-state index contributed by atoms with van der Waals surface area (Å²) in [4.78, 5) is 11.9. The minimum absolute atomic E-state index is 0.0193. The van der Waals surface area contributed by atoms with E-state index >= 15 is 0 Å². The molecule has 21 heavy (non-hydrogen) atoms. The van der Waals surface area contributed by atoms with Gasteiger partial charge in [-0.1, -0.05) is 24.3 Å². The quantitative estimate of drug-likeness (QED) is 0.679. The van der Waals surface area contributed by atoms with Gasteiger partial charge in [-0.25, -0.2) is 9.82 Å². The highest BCUT2D eigenvalue weighted by Gasteiger charge is 2.10. The number of carbonyl (C=O) groups is 1. The molecule has 4 heteroatoms. The maximum atomic E-state index is 13.5. The summed E-state index contributed by atoms with van der Waals surface area (Å²) < 4.78 is 13.5. The summed E-state index contributed by atoms with van der Waals surface area (Å²) >= 11 is 0. The molecule has 0 radical (unpaired) electrons. The minimum atomic E-state index is -0.561. The van der Waals surface area contributed by atoms with Crippen molar-refractivity contribution < 1.29 is 9.18 Å². The molecular formula is C17H17FN2O. The summed E-state index contributed by atoms with van der Waals surface area (Å²) in [6.07, 6.45) is 0. The van der Waals surface area contributed by atoms with Crippen molar-refractivity contribution in [2.45, 2.75) is 20.8 Å². The van der Waals surface area contributed by atoms with Crippen molar-refractivity contribution in [3.63, 3.8) is 0 Å². The SMILES string of the molecule is CC(=NNC(=O)c1ccccc1F)c1ccc(C)c(C)c1. The molecule has 108 valence electrons. The van der Waals surface area contributed by atoms with E-state index in [4.69, 9.17) is 0 Å². The first-order valence-electron chi connectivity index (χ1n) is 6.66. The van der Waals surface area contributed by atoms with Crippen LogP contribution in [0.25, 0.3) is 0 Å². The average Bonchev–Trinajstić information content (AvgIpc) is 2.47. The monoisotopic (exact) mass is 284 g/mol. The maximum Gasteiger partial charge on any atom is 0.274 e. The van der Waals surface area contributed by atoms with Gasteiger partial charge in [-0.3, -0.25) is 4.79 Å². The van der Waals surface area contributed by atoms with Crippen LogP contribution in [0.15, 0.2) is 47.6 Å². The van der Waals surface area contributed by atoms with Gasteiger partial charge in [0.25, 0.3) is 5.91 Å². The zero-order chi connectivity index (χ0) is 15.4. The molecule has 0 aliphatic heterocycles. The summed E-state index contributed by atoms with van der Waals surface area (Å²) in [6, 6.07) is 11.8. The predicted molar refractivity (Wildman–Crippen MR) is 82.0 cm³/mol. The molecule has 1 amide bonds. The number of hydrazone groups is 1. The van der Waals surface area contributed by atoms with Gasteiger partial charge in [0.2, 0.25) is 0 Å². The van der Waals surface area contributed by atoms with E-state index in [0.29, 0.717) is 5.71 Å². The number of hydrogen-bond acceptors (Lipinski definition) is 2. The first-order chi connectivity index (χ1) is 9.99. The molecule has 2 aromatic rings. The van der Waals surface area contributed by atoms with Crippen LogP contribution >= 0.6 is 0 Å². The molecule has 2 aromatic carbocycles. The summed E-state index contributed by atoms with van der Waals surface area (Å²) in [5, 5.41) is 4.03. The van der Waals surface area contributed by atoms with Gasteiger partial charge in [0.15, 0.2) is 0 Å². The first-order valence-corrected chi connectivity index (χ1v) is 6.66. The third kappa shape index (κ3) is 3.54. The Balaban J connectivity index is 2.15. The maximum absolute atomic E-state index is 13.5. The molecule has 0 aliphatic carbocycles. The lowest BCUT2D eigenvalue weighted by molar-refractivity contribution is 0.0951. The molecule has 0 heterocycles. The van der Waals surface area contributed by atoms with Gasteiger partial charge in [-0.15, -0.1) is 0 Å². The van der Waals surface area contributed by atoms with Crippen LogP contribution in [0.2, 0.25) is 0 Å². The second-order valence-corrected chi connectivity index (χ2v) is 4.92. The van der Waals surface area contributed by atoms with Crippen LogP contribution in [-0.2, 0) is 0 Å². The number of nitrogens with zero attached hydrogens (tertiary/aromatic N) is 1. The molecule has 0 unspecified atom stereocenters. The molecule has 1 N–H and O–H groups in total. The topological polar surface area (TPSA) is 41.5 Å². The predicted octanol–water partition coefficient (Wildman–Crippen LogP) is 3.60. The third-order valence-electron chi connectivity index (χ3n) is 3.37. The highest BCUT2D eigenvalue weighted by Crippen LogP contribution is 2.11. The Kier molecular flexibility index (Phi) is 4.48. The van der Waals surface area contributed by atoms with E-state index < -0.39 is 11.7 Å². The second-order valence-electron chi connectivity index (χ2n) is 4.92. The lowest BCUT2D eigenvalue weighted by atomic mass is 10.0. The van der Waals surface area contributed by atoms with E-state index in [1.807, 2.05) is 32.0 Å². The van der Waals surface area contributed by atoms with Crippen LogP contribution in [-0.4, -0.2) is 11.6 Å². The summed E-state index contributed by atoms with van der Waals surface area (Å²) in [5.41, 5.74) is 6.31. The Morgan fingerprint density at radius 2 is 1.81 bits per heavy atom. The number of benzene rings is 2. The molecule has 0 fully saturated rings. The fourth-order valence-electron chi connectivity index (χ4n) is 1.87. The van der Waals surface area contributed by atoms with Crippen LogP contribution in [0.3, 0.4) is 0 Å². The van der Waals surface area contributed by atoms with Crippen molar-refractivity contribution in [3.8, 4) is 0 Å². The van der Waals surface area contributed by atoms with E-state index in [1.54, 1.807) is 13.0 Å². The highest BCUT2D eigenvalue weighted by atomic mass is 19.1. The van der Waals surface area contributed by atoms with Crippen LogP contribution in [0.4, 0.5) is 4.39 Å². The number of hydrogen-bond donors (Lipinski definition) is 1. The van der Waals surface area contributed by atoms with E-state index in [2.05, 4.69) is 10.5 Å². The van der Waals surface area contributed by atoms with Crippen molar-refractivity contribution >= 4 is 11.6 Å². The largest absolute Gasteiger partial charge is 0.274 e. The van der Waals surface area contributed by atoms with Gasteiger partial charge in [0.05, 0.1) is 11.3 Å². The van der Waals surface area contributed by atoms with Crippen molar-refractivity contribution in [2.75, 3.05) is 0 Å². The third-order valence-corrected chi connectivity index (χ3v) is 3.37. The average molecular weight is 284 g/mol. The Labute approximate surface area is 123 Å². The van der Waals surface area contributed by atoms with Crippen LogP contribution in [0.5, 0.6) is 0 Å². The van der Waals surface area contributed by atoms with Crippen LogP contribution in [0.1, 0.15) is 34.0 Å². The molecule has 0 spiro atoms. The van der Waals surface area contributed by atoms with E-state index in [-0.39, 0.29) is 5.56 Å². The zero-order valence-corrected chi connectivity index (χ0v) is 12.3. The summed E-state index contributed by atoms with van der Waals surface area (Å²) in [5.74, 6) is -1.12. The molecule has 0 atom stereocenters.